The molecule has 0 amide bonds. The molecule has 2 N–H and O–H groups in total. The lowest BCUT2D eigenvalue weighted by Gasteiger charge is -2.19. The van der Waals surface area contributed by atoms with Gasteiger partial charge in [-0.05, 0) is 16.7 Å². The largest absolute Gasteiger partial charge is 0.394 e. The number of nitrogens with two attached hydrogens (primary N) is 1. The lowest BCUT2D eigenvalue weighted by atomic mass is 10.1. The molecule has 0 spiro atoms. The fraction of sp³-hybridized carbons (Fsp3) is 0.231. The van der Waals surface area contributed by atoms with Crippen LogP contribution in [-0.4, -0.2) is 0 Å². The van der Waals surface area contributed by atoms with E-state index in [1.54, 1.807) is 0 Å². The summed E-state index contributed by atoms with van der Waals surface area (Å²) in [7, 11) is 0. The van der Waals surface area contributed by atoms with E-state index in [-0.39, 0.29) is 5.69 Å². The summed E-state index contributed by atoms with van der Waals surface area (Å²) < 4.78 is 0.966. The molecule has 2 aromatic carbocycles. The van der Waals surface area contributed by atoms with Gasteiger partial charge >= 0.3 is 0 Å². The van der Waals surface area contributed by atoms with E-state index in [1.165, 1.54) is 16.7 Å². The van der Waals surface area contributed by atoms with Gasteiger partial charge in [-0.3, -0.25) is 9.59 Å². The van der Waals surface area contributed by atoms with Gasteiger partial charge in [0.15, 0.2) is 0 Å². The molecule has 0 unspecified atom stereocenters. The Balaban J connectivity index is 1.94. The first kappa shape index (κ1) is 11.7. The Hall–Kier alpha value is -1.37. The summed E-state index contributed by atoms with van der Waals surface area (Å²) in [5, 5.41) is 0. The SMILES string of the molecule is Nc1c(N2Cc3ccc(CI)cc3C2)c(=O)c1=O. The third kappa shape index (κ3) is 1.57. The average Bonchev–Trinajstić information content (AvgIpc) is 2.80. The molecule has 18 heavy (non-hydrogen) atoms. The van der Waals surface area contributed by atoms with Gasteiger partial charge in [-0.1, -0.05) is 40.8 Å². The van der Waals surface area contributed by atoms with Crippen molar-refractivity contribution in [1.82, 2.24) is 0 Å². The molecule has 1 aliphatic rings. The Bertz CT molecular complexity index is 701. The summed E-state index contributed by atoms with van der Waals surface area (Å²) in [5.74, 6) is 0. The highest BCUT2D eigenvalue weighted by Crippen LogP contribution is 2.30. The zero-order valence-corrected chi connectivity index (χ0v) is 11.7. The van der Waals surface area contributed by atoms with Gasteiger partial charge < -0.3 is 10.6 Å². The summed E-state index contributed by atoms with van der Waals surface area (Å²) in [6.45, 7) is 1.32. The van der Waals surface area contributed by atoms with Crippen molar-refractivity contribution in [2.24, 2.45) is 0 Å². The fourth-order valence-corrected chi connectivity index (χ4v) is 2.87. The first-order chi connectivity index (χ1) is 8.61. The first-order valence-corrected chi connectivity index (χ1v) is 7.14. The Morgan fingerprint density at radius 1 is 1.17 bits per heavy atom. The van der Waals surface area contributed by atoms with Crippen molar-refractivity contribution in [2.75, 3.05) is 10.6 Å². The summed E-state index contributed by atoms with van der Waals surface area (Å²) >= 11 is 2.32. The van der Waals surface area contributed by atoms with E-state index in [0.717, 1.165) is 4.43 Å². The second-order valence-electron chi connectivity index (χ2n) is 4.51. The lowest BCUT2D eigenvalue weighted by Crippen LogP contribution is -2.40. The minimum Gasteiger partial charge on any atom is -0.394 e. The van der Waals surface area contributed by atoms with Gasteiger partial charge in [-0.15, -0.1) is 0 Å². The minimum absolute atomic E-state index is 0.113. The minimum atomic E-state index is -0.547. The zero-order valence-electron chi connectivity index (χ0n) is 9.57. The van der Waals surface area contributed by atoms with Gasteiger partial charge in [0.25, 0.3) is 10.9 Å². The molecule has 1 aliphatic heterocycles. The molecule has 0 saturated carbocycles. The number of nitrogen functional groups attached to an aromatic ring is 1. The highest BCUT2D eigenvalue weighted by molar-refractivity contribution is 14.1. The zero-order chi connectivity index (χ0) is 12.9. The van der Waals surface area contributed by atoms with Crippen molar-refractivity contribution in [1.29, 1.82) is 0 Å². The number of nitrogens with zero attached hydrogens (tertiary/aromatic N) is 1. The molecule has 92 valence electrons. The Morgan fingerprint density at radius 2 is 1.89 bits per heavy atom. The number of fused-ring (bicyclic) bond motifs is 1. The number of hydrogen-bond acceptors (Lipinski definition) is 4. The van der Waals surface area contributed by atoms with Crippen LogP contribution in [-0.2, 0) is 17.5 Å². The monoisotopic (exact) mass is 354 g/mol. The molecule has 0 atom stereocenters. The molecule has 4 nitrogen and oxygen atoms in total. The molecule has 3 rings (SSSR count). The lowest BCUT2D eigenvalue weighted by molar-refractivity contribution is 0.869. The first-order valence-electron chi connectivity index (χ1n) is 5.62. The predicted octanol–water partition coefficient (Wildman–Crippen LogP) is 1.32. The molecular formula is C13H11IN2O2. The van der Waals surface area contributed by atoms with Crippen molar-refractivity contribution in [3.8, 4) is 0 Å². The van der Waals surface area contributed by atoms with Crippen molar-refractivity contribution in [3.05, 3.63) is 55.3 Å². The molecule has 0 bridgehead atoms. The van der Waals surface area contributed by atoms with Gasteiger partial charge in [0.1, 0.15) is 11.4 Å². The van der Waals surface area contributed by atoms with E-state index in [4.69, 9.17) is 5.73 Å². The fourth-order valence-electron chi connectivity index (χ4n) is 2.40. The van der Waals surface area contributed by atoms with Crippen molar-refractivity contribution >= 4 is 34.0 Å². The van der Waals surface area contributed by atoms with Crippen LogP contribution in [0.4, 0.5) is 11.4 Å². The van der Waals surface area contributed by atoms with Gasteiger partial charge in [0.05, 0.1) is 0 Å². The molecular weight excluding hydrogens is 343 g/mol. The van der Waals surface area contributed by atoms with Crippen LogP contribution in [0.2, 0.25) is 0 Å². The van der Waals surface area contributed by atoms with E-state index in [0.29, 0.717) is 18.8 Å². The summed E-state index contributed by atoms with van der Waals surface area (Å²) in [6, 6.07) is 6.34. The van der Waals surface area contributed by atoms with Crippen LogP contribution in [0.1, 0.15) is 16.7 Å². The summed E-state index contributed by atoms with van der Waals surface area (Å²) in [4.78, 5) is 24.5. The van der Waals surface area contributed by atoms with E-state index in [1.807, 2.05) is 4.90 Å². The van der Waals surface area contributed by atoms with Gasteiger partial charge in [0.2, 0.25) is 0 Å². The molecule has 0 fully saturated rings. The second-order valence-corrected chi connectivity index (χ2v) is 5.28. The van der Waals surface area contributed by atoms with E-state index in [2.05, 4.69) is 40.8 Å². The van der Waals surface area contributed by atoms with Gasteiger partial charge in [-0.2, -0.15) is 0 Å². The smallest absolute Gasteiger partial charge is 0.253 e. The molecule has 0 aliphatic carbocycles. The number of benzene rings is 1. The van der Waals surface area contributed by atoms with Gasteiger partial charge in [0, 0.05) is 17.5 Å². The second kappa shape index (κ2) is 4.08. The highest BCUT2D eigenvalue weighted by atomic mass is 127. The van der Waals surface area contributed by atoms with Crippen LogP contribution in [0.3, 0.4) is 0 Å². The molecule has 0 saturated heterocycles. The molecule has 2 aromatic rings. The maximum atomic E-state index is 11.5. The highest BCUT2D eigenvalue weighted by Gasteiger charge is 2.28. The number of alkyl halides is 1. The van der Waals surface area contributed by atoms with Crippen LogP contribution >= 0.6 is 22.6 Å². The molecule has 0 aromatic heterocycles. The molecule has 0 radical (unpaired) electrons. The number of halogens is 1. The normalized spacial score (nSPS) is 14.2. The Labute approximate surface area is 117 Å². The van der Waals surface area contributed by atoms with Crippen molar-refractivity contribution in [3.63, 3.8) is 0 Å². The molecule has 1 heterocycles. The molecule has 5 heteroatoms. The van der Waals surface area contributed by atoms with Crippen LogP contribution in [0.15, 0.2) is 27.8 Å². The van der Waals surface area contributed by atoms with Crippen LogP contribution in [0.5, 0.6) is 0 Å². The topological polar surface area (TPSA) is 63.4 Å². The van der Waals surface area contributed by atoms with Crippen molar-refractivity contribution in [2.45, 2.75) is 17.5 Å². The van der Waals surface area contributed by atoms with Crippen molar-refractivity contribution < 1.29 is 0 Å². The average molecular weight is 354 g/mol. The van der Waals surface area contributed by atoms with E-state index >= 15 is 0 Å². The van der Waals surface area contributed by atoms with E-state index in [9.17, 15) is 9.59 Å². The standard InChI is InChI=1S/C13H11IN2O2/c14-4-7-1-2-8-5-16(6-9(8)3-7)11-10(15)12(17)13(11)18/h1-3H,4-6,15H2. The third-order valence-electron chi connectivity index (χ3n) is 3.38. The Kier molecular flexibility index (Phi) is 2.65. The summed E-state index contributed by atoms with van der Waals surface area (Å²) in [5.41, 5.74) is 8.80. The van der Waals surface area contributed by atoms with Crippen LogP contribution < -0.4 is 21.5 Å². The maximum Gasteiger partial charge on any atom is 0.253 e. The van der Waals surface area contributed by atoms with E-state index < -0.39 is 10.9 Å². The number of rotatable bonds is 2. The number of hydrogen-bond donors (Lipinski definition) is 1. The summed E-state index contributed by atoms with van der Waals surface area (Å²) in [6.07, 6.45) is 0. The quantitative estimate of drug-likeness (QED) is 0.502. The Morgan fingerprint density at radius 3 is 2.56 bits per heavy atom. The van der Waals surface area contributed by atoms with Crippen LogP contribution in [0.25, 0.3) is 0 Å². The third-order valence-corrected chi connectivity index (χ3v) is 4.27. The maximum absolute atomic E-state index is 11.5. The van der Waals surface area contributed by atoms with Gasteiger partial charge in [-0.25, -0.2) is 0 Å². The van der Waals surface area contributed by atoms with Crippen LogP contribution in [0, 0.1) is 0 Å². The number of anilines is 2. The predicted molar refractivity (Wildman–Crippen MR) is 79.8 cm³/mol.